The molecule has 0 saturated heterocycles. The molecule has 0 bridgehead atoms. The normalized spacial score (nSPS) is 13.8. The second-order valence-corrected chi connectivity index (χ2v) is 11.6. The summed E-state index contributed by atoms with van der Waals surface area (Å²) in [7, 11) is 3.01. The number of halogens is 1. The van der Waals surface area contributed by atoms with Gasteiger partial charge in [0.05, 0.1) is 31.7 Å². The molecule has 4 aromatic rings. The van der Waals surface area contributed by atoms with Crippen molar-refractivity contribution in [2.75, 3.05) is 20.8 Å². The van der Waals surface area contributed by atoms with Crippen LogP contribution < -0.4 is 19.8 Å². The number of aromatic nitrogens is 4. The van der Waals surface area contributed by atoms with Gasteiger partial charge < -0.3 is 14.2 Å². The number of hydrogen-bond acceptors (Lipinski definition) is 7. The molecule has 228 valence electrons. The van der Waals surface area contributed by atoms with Gasteiger partial charge >= 0.3 is 6.01 Å². The molecule has 0 atom stereocenters. The molecule has 0 aliphatic heterocycles. The maximum Gasteiger partial charge on any atom is 0.319 e. The van der Waals surface area contributed by atoms with E-state index in [0.717, 1.165) is 5.57 Å². The van der Waals surface area contributed by atoms with Gasteiger partial charge in [-0.05, 0) is 80.1 Å². The summed E-state index contributed by atoms with van der Waals surface area (Å²) in [5.41, 5.74) is 5.00. The number of pyridine rings is 2. The number of methoxy groups -OCH3 is 2. The van der Waals surface area contributed by atoms with Gasteiger partial charge in [-0.25, -0.2) is 4.98 Å². The van der Waals surface area contributed by atoms with Gasteiger partial charge in [-0.3, -0.25) is 14.3 Å². The average Bonchev–Trinajstić information content (AvgIpc) is 3.04. The smallest absolute Gasteiger partial charge is 0.319 e. The Balaban J connectivity index is 1.57. The van der Waals surface area contributed by atoms with E-state index in [0.29, 0.717) is 57.1 Å². The lowest BCUT2D eigenvalue weighted by molar-refractivity contribution is 0.351. The Morgan fingerprint density at radius 2 is 1.84 bits per heavy atom. The first-order chi connectivity index (χ1) is 21.3. The average molecular weight is 613 g/mol. The van der Waals surface area contributed by atoms with E-state index in [4.69, 9.17) is 25.8 Å². The van der Waals surface area contributed by atoms with Crippen LogP contribution in [0, 0.1) is 5.92 Å². The molecule has 0 spiro atoms. The van der Waals surface area contributed by atoms with E-state index < -0.39 is 0 Å². The minimum absolute atomic E-state index is 0.174. The molecule has 8 nitrogen and oxygen atoms in total. The third kappa shape index (κ3) is 7.55. The predicted molar refractivity (Wildman–Crippen MR) is 174 cm³/mol. The van der Waals surface area contributed by atoms with Crippen molar-refractivity contribution in [3.63, 3.8) is 0 Å². The second-order valence-electron chi connectivity index (χ2n) is 11.1. The van der Waals surface area contributed by atoms with E-state index in [9.17, 15) is 4.79 Å². The standard InChI is InChI=1S/C35H37ClN4O4/c1-23(2)13-25(14-24-9-6-5-7-10-24)22-44-30-16-26(15-28(36)18-30)31-17-27(32-20-38-35(43-4)39-33(32)42-3)21-40(34(31)41)29-11-8-12-37-19-29/h8,11-21,24H,5-7,9-10,22H2,1-4H3/b25-14+. The van der Waals surface area contributed by atoms with Crippen molar-refractivity contribution in [3.8, 4) is 45.6 Å². The number of benzene rings is 1. The van der Waals surface area contributed by atoms with E-state index in [2.05, 4.69) is 41.0 Å². The van der Waals surface area contributed by atoms with Gasteiger partial charge in [-0.2, -0.15) is 4.98 Å². The number of allylic oxidation sites excluding steroid dienone is 2. The van der Waals surface area contributed by atoms with Crippen LogP contribution in [0.5, 0.6) is 17.6 Å². The van der Waals surface area contributed by atoms with Crippen LogP contribution in [0.4, 0.5) is 0 Å². The van der Waals surface area contributed by atoms with Gasteiger partial charge in [0.1, 0.15) is 12.4 Å². The zero-order chi connectivity index (χ0) is 31.1. The highest BCUT2D eigenvalue weighted by Gasteiger charge is 2.18. The van der Waals surface area contributed by atoms with Crippen molar-refractivity contribution in [2.24, 2.45) is 5.92 Å². The summed E-state index contributed by atoms with van der Waals surface area (Å²) in [6, 6.07) is 10.9. The van der Waals surface area contributed by atoms with Gasteiger partial charge in [-0.1, -0.05) is 48.6 Å². The van der Waals surface area contributed by atoms with E-state index in [1.54, 1.807) is 53.6 Å². The minimum atomic E-state index is -0.245. The molecule has 5 rings (SSSR count). The van der Waals surface area contributed by atoms with E-state index in [-0.39, 0.29) is 11.6 Å². The zero-order valence-electron chi connectivity index (χ0n) is 25.5. The summed E-state index contributed by atoms with van der Waals surface area (Å²) in [4.78, 5) is 26.8. The Morgan fingerprint density at radius 1 is 1.02 bits per heavy atom. The molecule has 1 fully saturated rings. The number of nitrogens with zero attached hydrogens (tertiary/aromatic N) is 4. The lowest BCUT2D eigenvalue weighted by atomic mass is 9.88. The highest BCUT2D eigenvalue weighted by Crippen LogP contribution is 2.34. The molecule has 1 aliphatic rings. The predicted octanol–water partition coefficient (Wildman–Crippen LogP) is 7.88. The van der Waals surface area contributed by atoms with Crippen LogP contribution in [0.1, 0.15) is 46.0 Å². The lowest BCUT2D eigenvalue weighted by Gasteiger charge is -2.19. The molecule has 1 aliphatic carbocycles. The van der Waals surface area contributed by atoms with Gasteiger partial charge in [0, 0.05) is 34.7 Å². The number of rotatable bonds is 10. The van der Waals surface area contributed by atoms with Crippen molar-refractivity contribution in [2.45, 2.75) is 46.0 Å². The molecule has 3 aromatic heterocycles. The molecule has 0 unspecified atom stereocenters. The number of hydrogen-bond donors (Lipinski definition) is 0. The highest BCUT2D eigenvalue weighted by atomic mass is 35.5. The summed E-state index contributed by atoms with van der Waals surface area (Å²) in [6.45, 7) is 4.59. The van der Waals surface area contributed by atoms with Crippen LogP contribution in [0.2, 0.25) is 5.02 Å². The summed E-state index contributed by atoms with van der Waals surface area (Å²) in [6.07, 6.45) is 17.4. The molecule has 44 heavy (non-hydrogen) atoms. The third-order valence-electron chi connectivity index (χ3n) is 7.52. The SMILES string of the molecule is COc1ncc(-c2cc(-c3cc(Cl)cc(OC/C(C=C(C)C)=C/C4CCCCC4)c3)c(=O)n(-c3cccnc3)c2)c(OC)n1. The Labute approximate surface area is 263 Å². The molecule has 0 amide bonds. The molecule has 1 saturated carbocycles. The van der Waals surface area contributed by atoms with E-state index in [1.165, 1.54) is 51.9 Å². The van der Waals surface area contributed by atoms with Gasteiger partial charge in [0.15, 0.2) is 0 Å². The Morgan fingerprint density at radius 3 is 2.55 bits per heavy atom. The van der Waals surface area contributed by atoms with Crippen LogP contribution in [-0.2, 0) is 0 Å². The topological polar surface area (TPSA) is 88.4 Å². The van der Waals surface area contributed by atoms with Crippen molar-refractivity contribution in [1.82, 2.24) is 19.5 Å². The third-order valence-corrected chi connectivity index (χ3v) is 7.74. The maximum atomic E-state index is 14.0. The van der Waals surface area contributed by atoms with Crippen LogP contribution >= 0.6 is 11.6 Å². The first kappa shape index (κ1) is 31.0. The molecule has 3 heterocycles. The Bertz CT molecular complexity index is 1720. The summed E-state index contributed by atoms with van der Waals surface area (Å²) < 4.78 is 18.6. The van der Waals surface area contributed by atoms with E-state index in [1.807, 2.05) is 12.1 Å². The van der Waals surface area contributed by atoms with Gasteiger partial charge in [0.2, 0.25) is 5.88 Å². The molecule has 1 aromatic carbocycles. The lowest BCUT2D eigenvalue weighted by Crippen LogP contribution is -2.20. The second kappa shape index (κ2) is 14.4. The first-order valence-corrected chi connectivity index (χ1v) is 15.1. The fourth-order valence-corrected chi connectivity index (χ4v) is 5.73. The van der Waals surface area contributed by atoms with Crippen molar-refractivity contribution in [3.05, 3.63) is 99.9 Å². The van der Waals surface area contributed by atoms with Crippen molar-refractivity contribution in [1.29, 1.82) is 0 Å². The van der Waals surface area contributed by atoms with Crippen molar-refractivity contribution < 1.29 is 14.2 Å². The van der Waals surface area contributed by atoms with Crippen LogP contribution in [0.15, 0.2) is 89.3 Å². The van der Waals surface area contributed by atoms with Crippen molar-refractivity contribution >= 4 is 11.6 Å². The summed E-state index contributed by atoms with van der Waals surface area (Å²) >= 11 is 6.62. The highest BCUT2D eigenvalue weighted by molar-refractivity contribution is 6.31. The summed E-state index contributed by atoms with van der Waals surface area (Å²) in [5.74, 6) is 1.46. The molecule has 0 radical (unpaired) electrons. The van der Waals surface area contributed by atoms with Gasteiger partial charge in [-0.15, -0.1) is 0 Å². The minimum Gasteiger partial charge on any atom is -0.489 e. The Hall–Kier alpha value is -4.43. The first-order valence-electron chi connectivity index (χ1n) is 14.8. The summed E-state index contributed by atoms with van der Waals surface area (Å²) in [5, 5.41) is 0.459. The quantitative estimate of drug-likeness (QED) is 0.168. The zero-order valence-corrected chi connectivity index (χ0v) is 26.3. The largest absolute Gasteiger partial charge is 0.489 e. The maximum absolute atomic E-state index is 14.0. The fourth-order valence-electron chi connectivity index (χ4n) is 5.51. The van der Waals surface area contributed by atoms with Crippen LogP contribution in [0.25, 0.3) is 27.9 Å². The Kier molecular flexibility index (Phi) is 10.1. The molecule has 9 heteroatoms. The van der Waals surface area contributed by atoms with Crippen LogP contribution in [0.3, 0.4) is 0 Å². The fraction of sp³-hybridized carbons (Fsp3) is 0.314. The van der Waals surface area contributed by atoms with E-state index >= 15 is 0 Å². The molecule has 0 N–H and O–H groups in total. The number of ether oxygens (including phenoxy) is 3. The monoisotopic (exact) mass is 612 g/mol. The van der Waals surface area contributed by atoms with Crippen LogP contribution in [-0.4, -0.2) is 40.3 Å². The van der Waals surface area contributed by atoms with Gasteiger partial charge in [0.25, 0.3) is 5.56 Å². The molecular formula is C35H37ClN4O4. The molecular weight excluding hydrogens is 576 g/mol.